The zero-order chi connectivity index (χ0) is 27.6. The summed E-state index contributed by atoms with van der Waals surface area (Å²) < 4.78 is 0. The van der Waals surface area contributed by atoms with Crippen molar-refractivity contribution in [2.45, 2.75) is 0 Å². The quantitative estimate of drug-likeness (QED) is 0.195. The Morgan fingerprint density at radius 1 is 0.190 bits per heavy atom. The van der Waals surface area contributed by atoms with Crippen molar-refractivity contribution >= 4 is 64.6 Å². The van der Waals surface area contributed by atoms with Crippen LogP contribution in [0.15, 0.2) is 158 Å². The Hall–Kier alpha value is -5.46. The summed E-state index contributed by atoms with van der Waals surface area (Å²) in [5.41, 5.74) is 4.94. The molecule has 0 saturated carbocycles. The van der Waals surface area contributed by atoms with Gasteiger partial charge in [-0.05, 0) is 105 Å². The summed E-state index contributed by atoms with van der Waals surface area (Å²) in [6, 6.07) is 58.1. The second kappa shape index (κ2) is 9.03. The van der Waals surface area contributed by atoms with E-state index in [-0.39, 0.29) is 0 Å². The molecule has 9 rings (SSSR count). The molecule has 0 bridgehead atoms. The molecule has 0 amide bonds. The van der Waals surface area contributed by atoms with E-state index in [1.54, 1.807) is 0 Å². The van der Waals surface area contributed by atoms with Gasteiger partial charge in [0.25, 0.3) is 0 Å². The molecule has 0 saturated heterocycles. The van der Waals surface area contributed by atoms with Gasteiger partial charge in [-0.2, -0.15) is 0 Å². The fourth-order valence-electron chi connectivity index (χ4n) is 6.97. The monoisotopic (exact) mass is 530 g/mol. The first-order chi connectivity index (χ1) is 20.8. The highest BCUT2D eigenvalue weighted by Gasteiger charge is 2.11. The zero-order valence-corrected chi connectivity index (χ0v) is 23.0. The minimum atomic E-state index is 1.23. The van der Waals surface area contributed by atoms with Crippen LogP contribution >= 0.6 is 0 Å². The highest BCUT2D eigenvalue weighted by Crippen LogP contribution is 2.38. The van der Waals surface area contributed by atoms with Crippen LogP contribution < -0.4 is 0 Å². The Morgan fingerprint density at radius 3 is 1.26 bits per heavy atom. The van der Waals surface area contributed by atoms with Gasteiger partial charge in [-0.1, -0.05) is 140 Å². The second-order valence-electron chi connectivity index (χ2n) is 11.3. The number of hydrogen-bond acceptors (Lipinski definition) is 0. The summed E-state index contributed by atoms with van der Waals surface area (Å²) in [5, 5.41) is 15.6. The van der Waals surface area contributed by atoms with Gasteiger partial charge in [0.15, 0.2) is 0 Å². The van der Waals surface area contributed by atoms with Crippen LogP contribution in [0.25, 0.3) is 86.9 Å². The van der Waals surface area contributed by atoms with E-state index < -0.39 is 0 Å². The topological polar surface area (TPSA) is 0 Å². The van der Waals surface area contributed by atoms with E-state index in [4.69, 9.17) is 0 Å². The van der Waals surface area contributed by atoms with Crippen molar-refractivity contribution in [1.82, 2.24) is 0 Å². The van der Waals surface area contributed by atoms with Crippen LogP contribution in [0.2, 0.25) is 0 Å². The number of rotatable bonds is 2. The van der Waals surface area contributed by atoms with Crippen LogP contribution in [0.4, 0.5) is 0 Å². The van der Waals surface area contributed by atoms with Crippen molar-refractivity contribution in [2.24, 2.45) is 0 Å². The summed E-state index contributed by atoms with van der Waals surface area (Å²) in [5.74, 6) is 0. The molecule has 0 aliphatic rings. The van der Waals surface area contributed by atoms with Crippen LogP contribution in [-0.4, -0.2) is 0 Å². The average molecular weight is 531 g/mol. The fourth-order valence-corrected chi connectivity index (χ4v) is 6.97. The normalized spacial score (nSPS) is 11.8. The average Bonchev–Trinajstić information content (AvgIpc) is 3.07. The molecule has 0 heterocycles. The van der Waals surface area contributed by atoms with Gasteiger partial charge >= 0.3 is 0 Å². The van der Waals surface area contributed by atoms with E-state index in [9.17, 15) is 0 Å². The van der Waals surface area contributed by atoms with Crippen molar-refractivity contribution in [3.63, 3.8) is 0 Å². The minimum absolute atomic E-state index is 1.23. The lowest BCUT2D eigenvalue weighted by Gasteiger charge is -2.13. The molecule has 0 spiro atoms. The first kappa shape index (κ1) is 23.3. The van der Waals surface area contributed by atoms with Crippen LogP contribution in [0.3, 0.4) is 0 Å². The van der Waals surface area contributed by atoms with Crippen molar-refractivity contribution in [3.8, 4) is 22.3 Å². The van der Waals surface area contributed by atoms with Crippen LogP contribution in [0, 0.1) is 0 Å². The zero-order valence-electron chi connectivity index (χ0n) is 23.0. The van der Waals surface area contributed by atoms with Gasteiger partial charge in [0.2, 0.25) is 0 Å². The molecular weight excluding hydrogens is 504 g/mol. The molecule has 9 aromatic carbocycles. The van der Waals surface area contributed by atoms with Crippen molar-refractivity contribution < 1.29 is 0 Å². The molecule has 0 aliphatic carbocycles. The lowest BCUT2D eigenvalue weighted by atomic mass is 9.91. The van der Waals surface area contributed by atoms with Crippen molar-refractivity contribution in [1.29, 1.82) is 0 Å². The molecule has 0 heteroatoms. The Labute approximate surface area is 244 Å². The highest BCUT2D eigenvalue weighted by molar-refractivity contribution is 6.25. The van der Waals surface area contributed by atoms with Gasteiger partial charge in [0.1, 0.15) is 0 Å². The molecule has 0 atom stereocenters. The predicted octanol–water partition coefficient (Wildman–Crippen LogP) is 11.9. The summed E-state index contributed by atoms with van der Waals surface area (Å²) in [4.78, 5) is 0. The number of benzene rings is 9. The van der Waals surface area contributed by atoms with Gasteiger partial charge in [0, 0.05) is 0 Å². The van der Waals surface area contributed by atoms with Gasteiger partial charge in [0.05, 0.1) is 0 Å². The van der Waals surface area contributed by atoms with Crippen LogP contribution in [0.5, 0.6) is 0 Å². The lowest BCUT2D eigenvalue weighted by Crippen LogP contribution is -1.86. The van der Waals surface area contributed by atoms with E-state index in [0.717, 1.165) is 0 Å². The smallest absolute Gasteiger partial charge is 0.00928 e. The van der Waals surface area contributed by atoms with E-state index in [1.807, 2.05) is 0 Å². The van der Waals surface area contributed by atoms with Crippen molar-refractivity contribution in [2.75, 3.05) is 0 Å². The third-order valence-corrected chi connectivity index (χ3v) is 9.02. The summed E-state index contributed by atoms with van der Waals surface area (Å²) in [7, 11) is 0. The molecule has 9 aromatic rings. The van der Waals surface area contributed by atoms with Gasteiger partial charge in [-0.25, -0.2) is 0 Å². The van der Waals surface area contributed by atoms with E-state index in [1.165, 1.54) is 86.9 Å². The first-order valence-electron chi connectivity index (χ1n) is 14.6. The summed E-state index contributed by atoms with van der Waals surface area (Å²) in [6.45, 7) is 0. The molecule has 0 fully saturated rings. The maximum absolute atomic E-state index is 2.38. The molecule has 0 aliphatic heterocycles. The standard InChI is InChI=1S/C42H26/c1-2-11-33-27(8-1)16-21-40-34-20-17-30(25-32(34)19-23-39(33)40)28-9-7-10-29(24-28)31-18-22-41-37-14-4-3-12-35(37)36-13-5-6-15-38(36)42(41)26-31/h1-26H. The fraction of sp³-hybridized carbons (Fsp3) is 0. The Morgan fingerprint density at radius 2 is 0.595 bits per heavy atom. The largest absolute Gasteiger partial charge is 0.0616 e. The molecule has 42 heavy (non-hydrogen) atoms. The van der Waals surface area contributed by atoms with Crippen molar-refractivity contribution in [3.05, 3.63) is 158 Å². The third-order valence-electron chi connectivity index (χ3n) is 9.02. The molecule has 0 N–H and O–H groups in total. The maximum Gasteiger partial charge on any atom is -0.00928 e. The van der Waals surface area contributed by atoms with Gasteiger partial charge in [-0.3, -0.25) is 0 Å². The molecule has 0 radical (unpaired) electrons. The second-order valence-corrected chi connectivity index (χ2v) is 11.3. The van der Waals surface area contributed by atoms with E-state index in [2.05, 4.69) is 158 Å². The predicted molar refractivity (Wildman–Crippen MR) is 182 cm³/mol. The lowest BCUT2D eigenvalue weighted by molar-refractivity contribution is 1.62. The van der Waals surface area contributed by atoms with E-state index >= 15 is 0 Å². The SMILES string of the molecule is c1cc(-c2ccc3c(ccc4c5ccccc5ccc34)c2)cc(-c2ccc3c4ccccc4c4ccccc4c3c2)c1. The molecule has 0 unspecified atom stereocenters. The maximum atomic E-state index is 2.38. The Balaban J connectivity index is 1.18. The number of fused-ring (bicyclic) bond motifs is 11. The number of hydrogen-bond donors (Lipinski definition) is 0. The molecular formula is C42H26. The Bertz CT molecular complexity index is 2480. The van der Waals surface area contributed by atoms with Crippen LogP contribution in [-0.2, 0) is 0 Å². The van der Waals surface area contributed by atoms with Gasteiger partial charge in [-0.15, -0.1) is 0 Å². The summed E-state index contributed by atoms with van der Waals surface area (Å²) in [6.07, 6.45) is 0. The first-order valence-corrected chi connectivity index (χ1v) is 14.6. The third kappa shape index (κ3) is 3.49. The minimum Gasteiger partial charge on any atom is -0.0616 e. The molecule has 0 nitrogen and oxygen atoms in total. The van der Waals surface area contributed by atoms with E-state index in [0.29, 0.717) is 0 Å². The highest BCUT2D eigenvalue weighted by atomic mass is 14.1. The van der Waals surface area contributed by atoms with Crippen LogP contribution in [0.1, 0.15) is 0 Å². The van der Waals surface area contributed by atoms with Gasteiger partial charge < -0.3 is 0 Å². The molecule has 194 valence electrons. The summed E-state index contributed by atoms with van der Waals surface area (Å²) >= 11 is 0. The Kier molecular flexibility index (Phi) is 5.00. The molecule has 0 aromatic heterocycles.